The van der Waals surface area contributed by atoms with Crippen molar-refractivity contribution in [3.05, 3.63) is 70.1 Å². The summed E-state index contributed by atoms with van der Waals surface area (Å²) in [6.07, 6.45) is -1.12. The molecular weight excluding hydrogens is 396 g/mol. The second kappa shape index (κ2) is 9.22. The summed E-state index contributed by atoms with van der Waals surface area (Å²) in [7, 11) is 0. The number of rotatable bonds is 6. The van der Waals surface area contributed by atoms with Crippen molar-refractivity contribution in [2.75, 3.05) is 5.32 Å². The van der Waals surface area contributed by atoms with E-state index in [1.54, 1.807) is 42.5 Å². The van der Waals surface area contributed by atoms with Gasteiger partial charge in [-0.05, 0) is 37.1 Å². The number of carbonyl (C=O) groups is 2. The number of carbonyl (C=O) groups excluding carboxylic acids is 2. The summed E-state index contributed by atoms with van der Waals surface area (Å²) in [6.45, 7) is 5.66. The maximum atomic E-state index is 12.9. The van der Waals surface area contributed by atoms with E-state index in [-0.39, 0.29) is 17.2 Å². The summed E-state index contributed by atoms with van der Waals surface area (Å²) >= 11 is 0. The van der Waals surface area contributed by atoms with Crippen molar-refractivity contribution >= 4 is 28.3 Å². The zero-order chi connectivity index (χ0) is 22.5. The molecule has 0 unspecified atom stereocenters. The number of nitriles is 1. The molecule has 3 rings (SSSR count). The monoisotopic (exact) mass is 418 g/mol. The standard InChI is InChI=1S/C23H22N4O4/c1-14(2)13-27-22(29)19-10-5-4-9-18(19)20(26-27)23(30)31-15(3)21(28)25-17-8-6-7-16(11-17)12-24/h4-11,14-15H,13H2,1-3H3,(H,25,28)/t15-/m1/s1. The first kappa shape index (κ1) is 21.7. The van der Waals surface area contributed by atoms with E-state index in [2.05, 4.69) is 10.4 Å². The minimum absolute atomic E-state index is 0.0259. The molecule has 1 atom stereocenters. The van der Waals surface area contributed by atoms with Gasteiger partial charge >= 0.3 is 5.97 Å². The van der Waals surface area contributed by atoms with Crippen LogP contribution in [0.4, 0.5) is 5.69 Å². The molecule has 0 fully saturated rings. The Kier molecular flexibility index (Phi) is 6.46. The van der Waals surface area contributed by atoms with Gasteiger partial charge in [0.25, 0.3) is 11.5 Å². The second-order valence-corrected chi connectivity index (χ2v) is 7.50. The van der Waals surface area contributed by atoms with Gasteiger partial charge in [0.2, 0.25) is 0 Å². The first-order chi connectivity index (χ1) is 14.8. The summed E-state index contributed by atoms with van der Waals surface area (Å²) in [5, 5.41) is 16.5. The topological polar surface area (TPSA) is 114 Å². The van der Waals surface area contributed by atoms with Crippen LogP contribution in [0, 0.1) is 17.2 Å². The maximum absolute atomic E-state index is 12.9. The van der Waals surface area contributed by atoms with E-state index in [0.717, 1.165) is 0 Å². The van der Waals surface area contributed by atoms with Crippen molar-refractivity contribution in [2.45, 2.75) is 33.4 Å². The van der Waals surface area contributed by atoms with Crippen molar-refractivity contribution in [2.24, 2.45) is 5.92 Å². The van der Waals surface area contributed by atoms with Crippen LogP contribution in [0.25, 0.3) is 10.8 Å². The maximum Gasteiger partial charge on any atom is 0.360 e. The molecule has 0 aliphatic heterocycles. The van der Waals surface area contributed by atoms with Crippen molar-refractivity contribution in [3.8, 4) is 6.07 Å². The Labute approximate surface area is 179 Å². The second-order valence-electron chi connectivity index (χ2n) is 7.50. The lowest BCUT2D eigenvalue weighted by molar-refractivity contribution is -0.123. The molecule has 0 saturated heterocycles. The predicted molar refractivity (Wildman–Crippen MR) is 116 cm³/mol. The van der Waals surface area contributed by atoms with Crippen LogP contribution < -0.4 is 10.9 Å². The van der Waals surface area contributed by atoms with Gasteiger partial charge in [-0.15, -0.1) is 0 Å². The Morgan fingerprint density at radius 2 is 1.84 bits per heavy atom. The number of hydrogen-bond acceptors (Lipinski definition) is 6. The molecule has 8 nitrogen and oxygen atoms in total. The zero-order valence-electron chi connectivity index (χ0n) is 17.5. The quantitative estimate of drug-likeness (QED) is 0.615. The number of benzene rings is 2. The summed E-state index contributed by atoms with van der Waals surface area (Å²) in [6, 6.07) is 15.1. The van der Waals surface area contributed by atoms with Crippen molar-refractivity contribution in [1.29, 1.82) is 5.26 Å². The smallest absolute Gasteiger partial charge is 0.360 e. The molecule has 31 heavy (non-hydrogen) atoms. The van der Waals surface area contributed by atoms with E-state index in [1.807, 2.05) is 19.9 Å². The average Bonchev–Trinajstić information content (AvgIpc) is 2.75. The third-order valence-electron chi connectivity index (χ3n) is 4.51. The highest BCUT2D eigenvalue weighted by Gasteiger charge is 2.23. The number of aromatic nitrogens is 2. The van der Waals surface area contributed by atoms with Crippen molar-refractivity contribution in [1.82, 2.24) is 9.78 Å². The van der Waals surface area contributed by atoms with E-state index < -0.39 is 18.0 Å². The Morgan fingerprint density at radius 1 is 1.13 bits per heavy atom. The summed E-state index contributed by atoms with van der Waals surface area (Å²) < 4.78 is 6.59. The molecular formula is C23H22N4O4. The fourth-order valence-corrected chi connectivity index (χ4v) is 3.04. The van der Waals surface area contributed by atoms with Gasteiger partial charge in [0.05, 0.1) is 17.0 Å². The van der Waals surface area contributed by atoms with Crippen molar-refractivity contribution in [3.63, 3.8) is 0 Å². The number of amides is 1. The zero-order valence-corrected chi connectivity index (χ0v) is 17.5. The number of nitrogens with zero attached hydrogens (tertiary/aromatic N) is 3. The Morgan fingerprint density at radius 3 is 2.52 bits per heavy atom. The van der Waals surface area contributed by atoms with Crippen LogP contribution >= 0.6 is 0 Å². The number of fused-ring (bicyclic) bond motifs is 1. The molecule has 1 amide bonds. The minimum Gasteiger partial charge on any atom is -0.448 e. The van der Waals surface area contributed by atoms with E-state index in [4.69, 9.17) is 10.00 Å². The summed E-state index contributed by atoms with van der Waals surface area (Å²) in [5.41, 5.74) is 0.498. The number of anilines is 1. The molecule has 1 aromatic heterocycles. The Bertz CT molecular complexity index is 1240. The molecule has 158 valence electrons. The molecule has 0 aliphatic rings. The lowest BCUT2D eigenvalue weighted by atomic mass is 10.1. The largest absolute Gasteiger partial charge is 0.448 e. The van der Waals surface area contributed by atoms with Crippen LogP contribution in [-0.2, 0) is 16.1 Å². The lowest BCUT2D eigenvalue weighted by Gasteiger charge is -2.15. The van der Waals surface area contributed by atoms with Crippen LogP contribution in [0.2, 0.25) is 0 Å². The van der Waals surface area contributed by atoms with Gasteiger partial charge in [0, 0.05) is 17.6 Å². The average molecular weight is 418 g/mol. The number of esters is 1. The third-order valence-corrected chi connectivity index (χ3v) is 4.51. The molecule has 0 radical (unpaired) electrons. The summed E-state index contributed by atoms with van der Waals surface area (Å²) in [5.74, 6) is -1.21. The minimum atomic E-state index is -1.12. The molecule has 0 aliphatic carbocycles. The van der Waals surface area contributed by atoms with Gasteiger partial charge in [0.1, 0.15) is 0 Å². The third kappa shape index (κ3) is 4.95. The highest BCUT2D eigenvalue weighted by atomic mass is 16.5. The lowest BCUT2D eigenvalue weighted by Crippen LogP contribution is -2.32. The van der Waals surface area contributed by atoms with E-state index in [1.165, 1.54) is 17.7 Å². The fourth-order valence-electron chi connectivity index (χ4n) is 3.04. The summed E-state index contributed by atoms with van der Waals surface area (Å²) in [4.78, 5) is 38.0. The molecule has 1 heterocycles. The highest BCUT2D eigenvalue weighted by Crippen LogP contribution is 2.16. The molecule has 0 bridgehead atoms. The molecule has 1 N–H and O–H groups in total. The first-order valence-corrected chi connectivity index (χ1v) is 9.82. The fraction of sp³-hybridized carbons (Fsp3) is 0.261. The van der Waals surface area contributed by atoms with Gasteiger partial charge in [-0.2, -0.15) is 10.4 Å². The van der Waals surface area contributed by atoms with E-state index in [0.29, 0.717) is 28.6 Å². The van der Waals surface area contributed by atoms with Gasteiger partial charge in [-0.25, -0.2) is 9.48 Å². The van der Waals surface area contributed by atoms with Crippen molar-refractivity contribution < 1.29 is 14.3 Å². The molecule has 0 saturated carbocycles. The highest BCUT2D eigenvalue weighted by molar-refractivity contribution is 6.03. The Balaban J connectivity index is 1.85. The van der Waals surface area contributed by atoms with Gasteiger partial charge < -0.3 is 10.1 Å². The van der Waals surface area contributed by atoms with Crippen LogP contribution in [-0.4, -0.2) is 27.8 Å². The SMILES string of the molecule is CC(C)Cn1nc(C(=O)O[C@H](C)C(=O)Nc2cccc(C#N)c2)c2ccccc2c1=O. The number of nitrogens with one attached hydrogen (secondary N) is 1. The van der Waals surface area contributed by atoms with Gasteiger partial charge in [-0.1, -0.05) is 38.1 Å². The van der Waals surface area contributed by atoms with Gasteiger partial charge in [0.15, 0.2) is 11.8 Å². The molecule has 3 aromatic rings. The Hall–Kier alpha value is -3.99. The molecule has 0 spiro atoms. The van der Waals surface area contributed by atoms with Gasteiger partial charge in [-0.3, -0.25) is 9.59 Å². The molecule has 8 heteroatoms. The molecule has 2 aromatic carbocycles. The van der Waals surface area contributed by atoms with E-state index in [9.17, 15) is 14.4 Å². The number of ether oxygens (including phenoxy) is 1. The normalized spacial score (nSPS) is 11.7. The first-order valence-electron chi connectivity index (χ1n) is 9.82. The number of hydrogen-bond donors (Lipinski definition) is 1. The van der Waals surface area contributed by atoms with E-state index >= 15 is 0 Å². The van der Waals surface area contributed by atoms with Crippen LogP contribution in [0.3, 0.4) is 0 Å². The predicted octanol–water partition coefficient (Wildman–Crippen LogP) is 3.11. The van der Waals surface area contributed by atoms with Crippen LogP contribution in [0.5, 0.6) is 0 Å². The van der Waals surface area contributed by atoms with Crippen LogP contribution in [0.1, 0.15) is 36.8 Å². The van der Waals surface area contributed by atoms with Crippen LogP contribution in [0.15, 0.2) is 53.3 Å².